The van der Waals surface area contributed by atoms with Crippen LogP contribution in [0.5, 0.6) is 11.5 Å². The predicted molar refractivity (Wildman–Crippen MR) is 108 cm³/mol. The van der Waals surface area contributed by atoms with Gasteiger partial charge in [-0.3, -0.25) is 4.79 Å². The molecule has 0 bridgehead atoms. The minimum Gasteiger partial charge on any atom is -0.495 e. The third-order valence-corrected chi connectivity index (χ3v) is 5.17. The number of para-hydroxylation sites is 2. The largest absolute Gasteiger partial charge is 0.495 e. The molecule has 27 heavy (non-hydrogen) atoms. The lowest BCUT2D eigenvalue weighted by atomic mass is 10.1. The number of carbonyl (C=O) groups excluding carboxylic acids is 1. The van der Waals surface area contributed by atoms with E-state index in [1.807, 2.05) is 43.0 Å². The molecule has 5 heteroatoms. The van der Waals surface area contributed by atoms with Gasteiger partial charge >= 0.3 is 0 Å². The van der Waals surface area contributed by atoms with Gasteiger partial charge in [0.2, 0.25) is 0 Å². The van der Waals surface area contributed by atoms with Gasteiger partial charge in [0.15, 0.2) is 6.61 Å². The molecule has 2 aromatic carbocycles. The van der Waals surface area contributed by atoms with Crippen LogP contribution >= 0.6 is 0 Å². The first-order valence-electron chi connectivity index (χ1n) is 9.36. The Morgan fingerprint density at radius 3 is 2.41 bits per heavy atom. The molecular weight excluding hydrogens is 340 g/mol. The maximum absolute atomic E-state index is 12.6. The molecule has 0 atom stereocenters. The molecule has 0 spiro atoms. The van der Waals surface area contributed by atoms with Gasteiger partial charge in [-0.1, -0.05) is 18.2 Å². The van der Waals surface area contributed by atoms with E-state index in [0.717, 1.165) is 41.4 Å². The van der Waals surface area contributed by atoms with Crippen LogP contribution in [0.3, 0.4) is 0 Å². The van der Waals surface area contributed by atoms with E-state index in [1.165, 1.54) is 5.56 Å². The number of hydrogen-bond donors (Lipinski definition) is 0. The van der Waals surface area contributed by atoms with Crippen LogP contribution in [0, 0.1) is 20.8 Å². The molecule has 3 rings (SSSR count). The highest BCUT2D eigenvalue weighted by atomic mass is 16.5. The van der Waals surface area contributed by atoms with Crippen LogP contribution < -0.4 is 14.4 Å². The second kappa shape index (κ2) is 8.33. The summed E-state index contributed by atoms with van der Waals surface area (Å²) in [5, 5.41) is 0. The Hall–Kier alpha value is -2.69. The van der Waals surface area contributed by atoms with Crippen molar-refractivity contribution in [2.45, 2.75) is 20.8 Å². The number of methoxy groups -OCH3 is 1. The zero-order valence-corrected chi connectivity index (χ0v) is 16.6. The smallest absolute Gasteiger partial charge is 0.260 e. The molecule has 0 aromatic heterocycles. The van der Waals surface area contributed by atoms with Crippen molar-refractivity contribution in [2.24, 2.45) is 0 Å². The van der Waals surface area contributed by atoms with Gasteiger partial charge in [0, 0.05) is 26.2 Å². The zero-order chi connectivity index (χ0) is 19.4. The van der Waals surface area contributed by atoms with E-state index in [1.54, 1.807) is 7.11 Å². The van der Waals surface area contributed by atoms with E-state index in [2.05, 4.69) is 24.0 Å². The first-order valence-corrected chi connectivity index (χ1v) is 9.36. The summed E-state index contributed by atoms with van der Waals surface area (Å²) in [4.78, 5) is 16.7. The molecule has 1 amide bonds. The van der Waals surface area contributed by atoms with E-state index < -0.39 is 0 Å². The molecule has 1 saturated heterocycles. The molecule has 0 unspecified atom stereocenters. The van der Waals surface area contributed by atoms with Gasteiger partial charge in [0.25, 0.3) is 5.91 Å². The summed E-state index contributed by atoms with van der Waals surface area (Å²) >= 11 is 0. The Morgan fingerprint density at radius 1 is 1.00 bits per heavy atom. The Bertz CT molecular complexity index is 811. The van der Waals surface area contributed by atoms with Crippen LogP contribution in [0.4, 0.5) is 5.69 Å². The van der Waals surface area contributed by atoms with Crippen molar-refractivity contribution in [3.63, 3.8) is 0 Å². The molecule has 0 aliphatic carbocycles. The third kappa shape index (κ3) is 4.35. The maximum atomic E-state index is 12.6. The number of nitrogens with zero attached hydrogens (tertiary/aromatic N) is 2. The van der Waals surface area contributed by atoms with Crippen molar-refractivity contribution in [3.05, 3.63) is 53.1 Å². The molecule has 0 saturated carbocycles. The van der Waals surface area contributed by atoms with E-state index in [-0.39, 0.29) is 12.5 Å². The number of aryl methyl sites for hydroxylation is 2. The fraction of sp³-hybridized carbons (Fsp3) is 0.409. The fourth-order valence-corrected chi connectivity index (χ4v) is 3.47. The van der Waals surface area contributed by atoms with E-state index in [0.29, 0.717) is 13.1 Å². The minimum absolute atomic E-state index is 0.0354. The topological polar surface area (TPSA) is 42.0 Å². The van der Waals surface area contributed by atoms with Crippen LogP contribution in [0.25, 0.3) is 0 Å². The third-order valence-electron chi connectivity index (χ3n) is 5.17. The highest BCUT2D eigenvalue weighted by molar-refractivity contribution is 5.78. The van der Waals surface area contributed by atoms with Crippen LogP contribution in [0.2, 0.25) is 0 Å². The summed E-state index contributed by atoms with van der Waals surface area (Å²) in [6.07, 6.45) is 0. The zero-order valence-electron chi connectivity index (χ0n) is 16.6. The van der Waals surface area contributed by atoms with Crippen molar-refractivity contribution in [3.8, 4) is 11.5 Å². The number of carbonyl (C=O) groups is 1. The van der Waals surface area contributed by atoms with Crippen molar-refractivity contribution in [1.82, 2.24) is 4.90 Å². The van der Waals surface area contributed by atoms with Gasteiger partial charge in [-0.15, -0.1) is 0 Å². The van der Waals surface area contributed by atoms with Gasteiger partial charge in [-0.25, -0.2) is 0 Å². The number of rotatable bonds is 5. The van der Waals surface area contributed by atoms with Crippen LogP contribution in [0.15, 0.2) is 36.4 Å². The quantitative estimate of drug-likeness (QED) is 0.812. The minimum atomic E-state index is 0.0354. The highest BCUT2D eigenvalue weighted by Gasteiger charge is 2.23. The summed E-state index contributed by atoms with van der Waals surface area (Å²) in [6, 6.07) is 12.1. The summed E-state index contributed by atoms with van der Waals surface area (Å²) in [5.41, 5.74) is 4.50. The fourth-order valence-electron chi connectivity index (χ4n) is 3.47. The van der Waals surface area contributed by atoms with Crippen LogP contribution in [-0.4, -0.2) is 50.7 Å². The molecule has 1 aliphatic rings. The molecule has 1 fully saturated rings. The van der Waals surface area contributed by atoms with Gasteiger partial charge in [-0.05, 0) is 55.7 Å². The Morgan fingerprint density at radius 2 is 1.70 bits per heavy atom. The normalized spacial score (nSPS) is 14.2. The molecule has 1 aliphatic heterocycles. The second-order valence-corrected chi connectivity index (χ2v) is 7.03. The Kier molecular flexibility index (Phi) is 5.89. The first-order chi connectivity index (χ1) is 13.0. The maximum Gasteiger partial charge on any atom is 0.260 e. The van der Waals surface area contributed by atoms with Gasteiger partial charge in [-0.2, -0.15) is 0 Å². The van der Waals surface area contributed by atoms with Gasteiger partial charge in [0.05, 0.1) is 12.8 Å². The van der Waals surface area contributed by atoms with E-state index >= 15 is 0 Å². The van der Waals surface area contributed by atoms with Gasteiger partial charge in [0.1, 0.15) is 11.5 Å². The summed E-state index contributed by atoms with van der Waals surface area (Å²) < 4.78 is 11.3. The first kappa shape index (κ1) is 19.1. The van der Waals surface area contributed by atoms with Crippen molar-refractivity contribution >= 4 is 11.6 Å². The standard InChI is InChI=1S/C22H28N2O3/c1-16-13-17(2)18(3)21(14-16)27-15-22(25)24-11-9-23(10-12-24)19-7-5-6-8-20(19)26-4/h5-8,13-14H,9-12,15H2,1-4H3. The number of anilines is 1. The monoisotopic (exact) mass is 368 g/mol. The molecule has 5 nitrogen and oxygen atoms in total. The predicted octanol–water partition coefficient (Wildman–Crippen LogP) is 3.35. The molecule has 2 aromatic rings. The van der Waals surface area contributed by atoms with Crippen molar-refractivity contribution in [1.29, 1.82) is 0 Å². The van der Waals surface area contributed by atoms with Crippen molar-refractivity contribution in [2.75, 3.05) is 44.8 Å². The Labute approximate surface area is 161 Å². The second-order valence-electron chi connectivity index (χ2n) is 7.03. The summed E-state index contributed by atoms with van der Waals surface area (Å²) in [6.45, 7) is 9.16. The van der Waals surface area contributed by atoms with Gasteiger partial charge < -0.3 is 19.3 Å². The van der Waals surface area contributed by atoms with E-state index in [9.17, 15) is 4.79 Å². The van der Waals surface area contributed by atoms with Crippen LogP contribution in [-0.2, 0) is 4.79 Å². The van der Waals surface area contributed by atoms with E-state index in [4.69, 9.17) is 9.47 Å². The number of hydrogen-bond acceptors (Lipinski definition) is 4. The SMILES string of the molecule is COc1ccccc1N1CCN(C(=O)COc2cc(C)cc(C)c2C)CC1. The Balaban J connectivity index is 1.56. The number of amides is 1. The number of ether oxygens (including phenoxy) is 2. The molecular formula is C22H28N2O3. The summed E-state index contributed by atoms with van der Waals surface area (Å²) in [5.74, 6) is 1.70. The van der Waals surface area contributed by atoms with Crippen LogP contribution in [0.1, 0.15) is 16.7 Å². The molecule has 0 N–H and O–H groups in total. The lowest BCUT2D eigenvalue weighted by Gasteiger charge is -2.36. The average Bonchev–Trinajstić information content (AvgIpc) is 2.69. The average molecular weight is 368 g/mol. The molecule has 144 valence electrons. The highest BCUT2D eigenvalue weighted by Crippen LogP contribution is 2.28. The lowest BCUT2D eigenvalue weighted by molar-refractivity contribution is -0.133. The van der Waals surface area contributed by atoms with Crippen molar-refractivity contribution < 1.29 is 14.3 Å². The summed E-state index contributed by atoms with van der Waals surface area (Å²) in [7, 11) is 1.69. The number of benzene rings is 2. The lowest BCUT2D eigenvalue weighted by Crippen LogP contribution is -2.50. The molecule has 0 radical (unpaired) electrons. The molecule has 1 heterocycles. The number of piperazine rings is 1.